The number of hydrogen-bond acceptors (Lipinski definition) is 2. The summed E-state index contributed by atoms with van der Waals surface area (Å²) in [5.74, 6) is 0.711. The molecule has 1 aliphatic carbocycles. The van der Waals surface area contributed by atoms with Gasteiger partial charge in [0.2, 0.25) is 0 Å². The summed E-state index contributed by atoms with van der Waals surface area (Å²) in [4.78, 5) is 0. The molecule has 0 aliphatic heterocycles. The first-order valence-electron chi connectivity index (χ1n) is 7.82. The molecule has 0 saturated heterocycles. The van der Waals surface area contributed by atoms with Crippen LogP contribution in [0.3, 0.4) is 0 Å². The Labute approximate surface area is 133 Å². The predicted molar refractivity (Wildman–Crippen MR) is 82.0 cm³/mol. The smallest absolute Gasteiger partial charge is 0.306 e. The summed E-state index contributed by atoms with van der Waals surface area (Å²) in [5, 5.41) is 7.10. The molecule has 1 aromatic carbocycles. The summed E-state index contributed by atoms with van der Waals surface area (Å²) in [5.41, 5.74) is 3.34. The van der Waals surface area contributed by atoms with Crippen molar-refractivity contribution < 1.29 is 13.2 Å². The normalized spacial score (nSPS) is 16.5. The number of alkyl halides is 3. The second kappa shape index (κ2) is 6.35. The third-order valence-corrected chi connectivity index (χ3v) is 4.10. The summed E-state index contributed by atoms with van der Waals surface area (Å²) in [6, 6.07) is 8.68. The number of nitrogens with one attached hydrogen (secondary N) is 1. The number of nitrogens with zero attached hydrogens (tertiary/aromatic N) is 2. The van der Waals surface area contributed by atoms with Gasteiger partial charge in [-0.1, -0.05) is 24.3 Å². The maximum Gasteiger partial charge on any atom is 0.408 e. The Morgan fingerprint density at radius 3 is 2.83 bits per heavy atom. The lowest BCUT2D eigenvalue weighted by Gasteiger charge is -2.14. The van der Waals surface area contributed by atoms with Gasteiger partial charge >= 0.3 is 6.18 Å². The van der Waals surface area contributed by atoms with Crippen molar-refractivity contribution in [3.05, 3.63) is 53.3 Å². The van der Waals surface area contributed by atoms with Crippen molar-refractivity contribution in [2.45, 2.75) is 51.0 Å². The highest BCUT2D eigenvalue weighted by molar-refractivity contribution is 5.30. The Morgan fingerprint density at radius 1 is 1.35 bits per heavy atom. The Bertz CT molecular complexity index is 659. The van der Waals surface area contributed by atoms with Gasteiger partial charge in [-0.15, -0.1) is 0 Å². The third-order valence-electron chi connectivity index (χ3n) is 4.10. The molecule has 1 fully saturated rings. The van der Waals surface area contributed by atoms with Gasteiger partial charge in [-0.3, -0.25) is 4.68 Å². The molecule has 0 spiro atoms. The molecule has 3 nitrogen and oxygen atoms in total. The highest BCUT2D eigenvalue weighted by Crippen LogP contribution is 2.40. The van der Waals surface area contributed by atoms with Gasteiger partial charge in [0.25, 0.3) is 0 Å². The molecule has 0 radical (unpaired) electrons. The maximum absolute atomic E-state index is 12.3. The van der Waals surface area contributed by atoms with E-state index >= 15 is 0 Å². The van der Waals surface area contributed by atoms with Gasteiger partial charge in [-0.05, 0) is 36.8 Å². The number of benzene rings is 1. The van der Waals surface area contributed by atoms with Crippen LogP contribution in [-0.4, -0.2) is 16.0 Å². The lowest BCUT2D eigenvalue weighted by Crippen LogP contribution is -2.19. The SMILES string of the molecule is CC(NCc1cnn(CC(F)(F)F)c1)c1cccc(C2CC2)c1. The Morgan fingerprint density at radius 2 is 2.13 bits per heavy atom. The molecule has 2 aromatic rings. The molecular weight excluding hydrogens is 303 g/mol. The Hall–Kier alpha value is -1.82. The van der Waals surface area contributed by atoms with E-state index < -0.39 is 12.7 Å². The molecular formula is C17H20F3N3. The van der Waals surface area contributed by atoms with Gasteiger partial charge < -0.3 is 5.32 Å². The fourth-order valence-electron chi connectivity index (χ4n) is 2.66. The lowest BCUT2D eigenvalue weighted by molar-refractivity contribution is -0.142. The average Bonchev–Trinajstić information content (AvgIpc) is 3.25. The molecule has 1 N–H and O–H groups in total. The summed E-state index contributed by atoms with van der Waals surface area (Å²) < 4.78 is 37.9. The van der Waals surface area contributed by atoms with Crippen molar-refractivity contribution in [3.8, 4) is 0 Å². The zero-order chi connectivity index (χ0) is 16.4. The van der Waals surface area contributed by atoms with Crippen LogP contribution in [0.1, 0.15) is 48.4 Å². The highest BCUT2D eigenvalue weighted by atomic mass is 19.4. The molecule has 0 bridgehead atoms. The van der Waals surface area contributed by atoms with Crippen LogP contribution in [0.5, 0.6) is 0 Å². The molecule has 1 heterocycles. The zero-order valence-electron chi connectivity index (χ0n) is 13.0. The van der Waals surface area contributed by atoms with E-state index in [1.54, 1.807) is 0 Å². The van der Waals surface area contributed by atoms with Gasteiger partial charge in [0.05, 0.1) is 6.20 Å². The summed E-state index contributed by atoms with van der Waals surface area (Å²) in [7, 11) is 0. The third kappa shape index (κ3) is 4.58. The van der Waals surface area contributed by atoms with E-state index in [9.17, 15) is 13.2 Å². The average molecular weight is 323 g/mol. The van der Waals surface area contributed by atoms with E-state index in [0.29, 0.717) is 12.5 Å². The van der Waals surface area contributed by atoms with Crippen LogP contribution in [0.25, 0.3) is 0 Å². The van der Waals surface area contributed by atoms with Crippen LogP contribution in [0.15, 0.2) is 36.7 Å². The predicted octanol–water partition coefficient (Wildman–Crippen LogP) is 4.17. The van der Waals surface area contributed by atoms with Crippen molar-refractivity contribution in [1.82, 2.24) is 15.1 Å². The highest BCUT2D eigenvalue weighted by Gasteiger charge is 2.28. The van der Waals surface area contributed by atoms with E-state index in [4.69, 9.17) is 0 Å². The number of aromatic nitrogens is 2. The van der Waals surface area contributed by atoms with Crippen LogP contribution >= 0.6 is 0 Å². The summed E-state index contributed by atoms with van der Waals surface area (Å²) >= 11 is 0. The fraction of sp³-hybridized carbons (Fsp3) is 0.471. The van der Waals surface area contributed by atoms with Crippen LogP contribution in [-0.2, 0) is 13.1 Å². The van der Waals surface area contributed by atoms with E-state index in [1.165, 1.54) is 36.4 Å². The summed E-state index contributed by atoms with van der Waals surface area (Å²) in [6.45, 7) is 1.50. The minimum Gasteiger partial charge on any atom is -0.306 e. The molecule has 1 aliphatic rings. The number of hydrogen-bond donors (Lipinski definition) is 1. The first-order chi connectivity index (χ1) is 10.9. The topological polar surface area (TPSA) is 29.9 Å². The molecule has 1 saturated carbocycles. The molecule has 1 atom stereocenters. The van der Waals surface area contributed by atoms with Gasteiger partial charge in [-0.25, -0.2) is 0 Å². The molecule has 0 amide bonds. The largest absolute Gasteiger partial charge is 0.408 e. The molecule has 3 rings (SSSR count). The molecule has 1 unspecified atom stereocenters. The van der Waals surface area contributed by atoms with Gasteiger partial charge in [-0.2, -0.15) is 18.3 Å². The Balaban J connectivity index is 1.56. The van der Waals surface area contributed by atoms with E-state index in [2.05, 4.69) is 41.6 Å². The van der Waals surface area contributed by atoms with Crippen molar-refractivity contribution >= 4 is 0 Å². The molecule has 124 valence electrons. The minimum atomic E-state index is -4.24. The van der Waals surface area contributed by atoms with Gasteiger partial charge in [0.15, 0.2) is 0 Å². The number of halogens is 3. The van der Waals surface area contributed by atoms with E-state index in [1.807, 2.05) is 0 Å². The first kappa shape index (κ1) is 16.1. The maximum atomic E-state index is 12.3. The van der Waals surface area contributed by atoms with E-state index in [-0.39, 0.29) is 6.04 Å². The van der Waals surface area contributed by atoms with Crippen molar-refractivity contribution in [2.24, 2.45) is 0 Å². The van der Waals surface area contributed by atoms with Crippen molar-refractivity contribution in [1.29, 1.82) is 0 Å². The first-order valence-corrected chi connectivity index (χ1v) is 7.82. The van der Waals surface area contributed by atoms with Crippen LogP contribution < -0.4 is 5.32 Å². The fourth-order valence-corrected chi connectivity index (χ4v) is 2.66. The van der Waals surface area contributed by atoms with Gasteiger partial charge in [0, 0.05) is 24.3 Å². The monoisotopic (exact) mass is 323 g/mol. The van der Waals surface area contributed by atoms with Crippen LogP contribution in [0.4, 0.5) is 13.2 Å². The summed E-state index contributed by atoms with van der Waals surface area (Å²) in [6.07, 6.45) is 1.21. The van der Waals surface area contributed by atoms with Crippen molar-refractivity contribution in [2.75, 3.05) is 0 Å². The van der Waals surface area contributed by atoms with Crippen LogP contribution in [0.2, 0.25) is 0 Å². The second-order valence-electron chi connectivity index (χ2n) is 6.21. The van der Waals surface area contributed by atoms with Crippen molar-refractivity contribution in [3.63, 3.8) is 0 Å². The van der Waals surface area contributed by atoms with E-state index in [0.717, 1.165) is 10.2 Å². The number of rotatable bonds is 6. The minimum absolute atomic E-state index is 0.139. The lowest BCUT2D eigenvalue weighted by atomic mass is 10.0. The molecule has 23 heavy (non-hydrogen) atoms. The van der Waals surface area contributed by atoms with Crippen LogP contribution in [0, 0.1) is 0 Å². The quantitative estimate of drug-likeness (QED) is 0.864. The second-order valence-corrected chi connectivity index (χ2v) is 6.21. The standard InChI is InChI=1S/C17H20F3N3/c1-12(15-3-2-4-16(7-15)14-5-6-14)21-8-13-9-22-23(10-13)11-17(18,19)20/h2-4,7,9-10,12,14,21H,5-6,8,11H2,1H3. The molecule has 6 heteroatoms. The van der Waals surface area contributed by atoms with Gasteiger partial charge in [0.1, 0.15) is 6.54 Å². The zero-order valence-corrected chi connectivity index (χ0v) is 13.0. The molecule has 1 aromatic heterocycles. The Kier molecular flexibility index (Phi) is 4.43.